The molecule has 1 unspecified atom stereocenters. The van der Waals surface area contributed by atoms with Crippen molar-refractivity contribution < 1.29 is 19.1 Å². The van der Waals surface area contributed by atoms with Gasteiger partial charge in [-0.05, 0) is 41.1 Å². The Morgan fingerprint density at radius 1 is 1.50 bits per heavy atom. The van der Waals surface area contributed by atoms with Crippen LogP contribution in [0.15, 0.2) is 35.3 Å². The molecule has 1 aromatic carbocycles. The van der Waals surface area contributed by atoms with Gasteiger partial charge in [0.25, 0.3) is 5.91 Å². The molecule has 5 nitrogen and oxygen atoms in total. The molecule has 0 fully saturated rings. The first-order chi connectivity index (χ1) is 9.49. The van der Waals surface area contributed by atoms with Crippen molar-refractivity contribution in [2.24, 2.45) is 0 Å². The quantitative estimate of drug-likeness (QED) is 0.637. The lowest BCUT2D eigenvalue weighted by Crippen LogP contribution is -2.35. The molecule has 0 spiro atoms. The number of amides is 1. The molecule has 0 saturated heterocycles. The Morgan fingerprint density at radius 3 is 2.75 bits per heavy atom. The van der Waals surface area contributed by atoms with Crippen LogP contribution in [0.5, 0.6) is 5.75 Å². The van der Waals surface area contributed by atoms with E-state index in [1.54, 1.807) is 24.3 Å². The average Bonchev–Trinajstić information content (AvgIpc) is 2.44. The van der Waals surface area contributed by atoms with Crippen LogP contribution in [-0.4, -0.2) is 31.6 Å². The highest BCUT2D eigenvalue weighted by molar-refractivity contribution is 9.10. The normalized spacial score (nSPS) is 11.3. The zero-order chi connectivity index (χ0) is 15.1. The number of benzene rings is 1. The molecule has 0 aliphatic carbocycles. The van der Waals surface area contributed by atoms with Gasteiger partial charge in [-0.25, -0.2) is 4.79 Å². The van der Waals surface area contributed by atoms with Crippen LogP contribution in [0.2, 0.25) is 0 Å². The van der Waals surface area contributed by atoms with E-state index in [0.29, 0.717) is 22.3 Å². The van der Waals surface area contributed by atoms with E-state index < -0.39 is 12.1 Å². The minimum Gasteiger partial charge on any atom is -0.496 e. The molecule has 1 rings (SSSR count). The molecule has 6 heteroatoms. The number of methoxy groups -OCH3 is 1. The lowest BCUT2D eigenvalue weighted by Gasteiger charge is -2.13. The van der Waals surface area contributed by atoms with Crippen LogP contribution in [0.25, 0.3) is 0 Å². The molecular weight excluding hydrogens is 326 g/mol. The molecule has 0 bridgehead atoms. The third-order valence-corrected chi connectivity index (χ3v) is 3.08. The number of hydrogen-bond acceptors (Lipinski definition) is 4. The topological polar surface area (TPSA) is 64.6 Å². The summed E-state index contributed by atoms with van der Waals surface area (Å²) in [5.41, 5.74) is 0.334. The molecule has 1 aromatic rings. The van der Waals surface area contributed by atoms with Crippen LogP contribution >= 0.6 is 15.9 Å². The molecule has 0 aromatic heterocycles. The fraction of sp³-hybridized carbons (Fsp3) is 0.286. The van der Waals surface area contributed by atoms with Crippen molar-refractivity contribution in [3.05, 3.63) is 40.9 Å². The molecule has 0 heterocycles. The Labute approximate surface area is 126 Å². The van der Waals surface area contributed by atoms with Crippen molar-refractivity contribution in [2.45, 2.75) is 13.0 Å². The van der Waals surface area contributed by atoms with Crippen molar-refractivity contribution >= 4 is 27.8 Å². The zero-order valence-electron chi connectivity index (χ0n) is 11.3. The second kappa shape index (κ2) is 7.69. The predicted molar refractivity (Wildman–Crippen MR) is 78.8 cm³/mol. The number of carbonyl (C=O) groups excluding carboxylic acids is 2. The molecule has 1 amide bonds. The molecule has 0 aliphatic heterocycles. The van der Waals surface area contributed by atoms with Crippen LogP contribution in [0, 0.1) is 0 Å². The van der Waals surface area contributed by atoms with Gasteiger partial charge in [0, 0.05) is 6.54 Å². The fourth-order valence-electron chi connectivity index (χ4n) is 1.39. The van der Waals surface area contributed by atoms with Gasteiger partial charge in [-0.2, -0.15) is 0 Å². The molecule has 108 valence electrons. The molecule has 1 N–H and O–H groups in total. The number of nitrogens with one attached hydrogen (secondary N) is 1. The summed E-state index contributed by atoms with van der Waals surface area (Å²) < 4.78 is 10.8. The van der Waals surface area contributed by atoms with Crippen molar-refractivity contribution in [1.82, 2.24) is 5.32 Å². The first-order valence-electron chi connectivity index (χ1n) is 5.92. The van der Waals surface area contributed by atoms with Gasteiger partial charge >= 0.3 is 5.97 Å². The third kappa shape index (κ3) is 4.38. The number of ether oxygens (including phenoxy) is 2. The highest BCUT2D eigenvalue weighted by Crippen LogP contribution is 2.25. The Kier molecular flexibility index (Phi) is 6.24. The molecule has 20 heavy (non-hydrogen) atoms. The van der Waals surface area contributed by atoms with E-state index in [-0.39, 0.29) is 5.91 Å². The van der Waals surface area contributed by atoms with Gasteiger partial charge in [-0.1, -0.05) is 6.08 Å². The van der Waals surface area contributed by atoms with E-state index in [2.05, 4.69) is 27.8 Å². The van der Waals surface area contributed by atoms with Gasteiger partial charge in [0.2, 0.25) is 0 Å². The first-order valence-corrected chi connectivity index (χ1v) is 6.72. The average molecular weight is 342 g/mol. The Balaban J connectivity index is 2.68. The lowest BCUT2D eigenvalue weighted by atomic mass is 10.2. The highest BCUT2D eigenvalue weighted by atomic mass is 79.9. The summed E-state index contributed by atoms with van der Waals surface area (Å²) >= 11 is 3.28. The standard InChI is InChI=1S/C14H16BrNO4/c1-4-7-16-13(17)9(2)20-14(18)10-5-6-12(19-3)11(15)8-10/h4-6,8-9H,1,7H2,2-3H3,(H,16,17). The third-order valence-electron chi connectivity index (χ3n) is 2.46. The SMILES string of the molecule is C=CCNC(=O)C(C)OC(=O)c1ccc(OC)c(Br)c1. The van der Waals surface area contributed by atoms with E-state index in [1.165, 1.54) is 14.0 Å². The maximum Gasteiger partial charge on any atom is 0.338 e. The van der Waals surface area contributed by atoms with Gasteiger partial charge in [0.05, 0.1) is 17.1 Å². The van der Waals surface area contributed by atoms with E-state index in [9.17, 15) is 9.59 Å². The second-order valence-corrected chi connectivity index (χ2v) is 4.79. The maximum absolute atomic E-state index is 11.9. The number of rotatable bonds is 6. The van der Waals surface area contributed by atoms with Crippen LogP contribution in [-0.2, 0) is 9.53 Å². The van der Waals surface area contributed by atoms with E-state index in [1.807, 2.05) is 0 Å². The van der Waals surface area contributed by atoms with Crippen LogP contribution < -0.4 is 10.1 Å². The summed E-state index contributed by atoms with van der Waals surface area (Å²) in [5, 5.41) is 2.56. The Bertz CT molecular complexity index is 516. The minimum atomic E-state index is -0.872. The molecule has 0 saturated carbocycles. The van der Waals surface area contributed by atoms with E-state index >= 15 is 0 Å². The van der Waals surface area contributed by atoms with Crippen molar-refractivity contribution in [3.63, 3.8) is 0 Å². The summed E-state index contributed by atoms with van der Waals surface area (Å²) in [6, 6.07) is 4.79. The maximum atomic E-state index is 11.9. The number of halogens is 1. The predicted octanol–water partition coefficient (Wildman–Crippen LogP) is 2.31. The number of hydrogen-bond donors (Lipinski definition) is 1. The number of esters is 1. The van der Waals surface area contributed by atoms with Crippen molar-refractivity contribution in [3.8, 4) is 5.75 Å². The molecule has 0 aliphatic rings. The number of carbonyl (C=O) groups is 2. The van der Waals surface area contributed by atoms with Crippen molar-refractivity contribution in [2.75, 3.05) is 13.7 Å². The minimum absolute atomic E-state index is 0.328. The highest BCUT2D eigenvalue weighted by Gasteiger charge is 2.18. The van der Waals surface area contributed by atoms with Gasteiger partial charge in [0.1, 0.15) is 5.75 Å². The summed E-state index contributed by atoms with van der Waals surface area (Å²) in [6.45, 7) is 5.32. The monoisotopic (exact) mass is 341 g/mol. The zero-order valence-corrected chi connectivity index (χ0v) is 12.9. The first kappa shape index (κ1) is 16.2. The Hall–Kier alpha value is -1.82. The van der Waals surface area contributed by atoms with Gasteiger partial charge in [-0.3, -0.25) is 4.79 Å². The fourth-order valence-corrected chi connectivity index (χ4v) is 1.93. The summed E-state index contributed by atoms with van der Waals surface area (Å²) in [4.78, 5) is 23.5. The van der Waals surface area contributed by atoms with Crippen LogP contribution in [0.4, 0.5) is 0 Å². The van der Waals surface area contributed by atoms with Crippen molar-refractivity contribution in [1.29, 1.82) is 0 Å². The Morgan fingerprint density at radius 2 is 2.20 bits per heavy atom. The largest absolute Gasteiger partial charge is 0.496 e. The van der Waals surface area contributed by atoms with E-state index in [0.717, 1.165) is 0 Å². The van der Waals surface area contributed by atoms with Crippen LogP contribution in [0.3, 0.4) is 0 Å². The summed E-state index contributed by atoms with van der Waals surface area (Å²) in [6.07, 6.45) is 0.677. The molecule has 0 radical (unpaired) electrons. The second-order valence-electron chi connectivity index (χ2n) is 3.93. The molecular formula is C14H16BrNO4. The van der Waals surface area contributed by atoms with Gasteiger partial charge in [0.15, 0.2) is 6.10 Å². The van der Waals surface area contributed by atoms with Gasteiger partial charge in [-0.15, -0.1) is 6.58 Å². The van der Waals surface area contributed by atoms with Crippen LogP contribution in [0.1, 0.15) is 17.3 Å². The van der Waals surface area contributed by atoms with E-state index in [4.69, 9.17) is 9.47 Å². The smallest absolute Gasteiger partial charge is 0.338 e. The van der Waals surface area contributed by atoms with Gasteiger partial charge < -0.3 is 14.8 Å². The summed E-state index contributed by atoms with van der Waals surface area (Å²) in [7, 11) is 1.53. The lowest BCUT2D eigenvalue weighted by molar-refractivity contribution is -0.128. The molecule has 1 atom stereocenters. The summed E-state index contributed by atoms with van der Waals surface area (Å²) in [5.74, 6) is -0.334.